The maximum absolute atomic E-state index is 13.8. The number of halogens is 1. The van der Waals surface area contributed by atoms with E-state index in [1.54, 1.807) is 24.3 Å². The first-order valence-electron chi connectivity index (χ1n) is 7.30. The van der Waals surface area contributed by atoms with Gasteiger partial charge in [0.15, 0.2) is 5.78 Å². The van der Waals surface area contributed by atoms with Crippen LogP contribution < -0.4 is 4.74 Å². The number of rotatable bonds is 6. The SMILES string of the molecule is CC(C)Oc1ccccc1/C=C/C(=O)c1cc([N+](=O)[O-])ccc1F. The number of nitrogens with zero attached hydrogens (tertiary/aromatic N) is 1. The Morgan fingerprint density at radius 2 is 1.96 bits per heavy atom. The molecule has 0 spiro atoms. The Balaban J connectivity index is 2.29. The molecule has 0 radical (unpaired) electrons. The first kappa shape index (κ1) is 17.3. The molecule has 6 heteroatoms. The average molecular weight is 329 g/mol. The van der Waals surface area contributed by atoms with Crippen LogP contribution in [0.3, 0.4) is 0 Å². The summed E-state index contributed by atoms with van der Waals surface area (Å²) in [6.07, 6.45) is 2.63. The number of hydrogen-bond donors (Lipinski definition) is 0. The second-order valence-corrected chi connectivity index (χ2v) is 5.32. The van der Waals surface area contributed by atoms with E-state index < -0.39 is 16.5 Å². The van der Waals surface area contributed by atoms with Gasteiger partial charge < -0.3 is 4.74 Å². The lowest BCUT2D eigenvalue weighted by molar-refractivity contribution is -0.384. The predicted octanol–water partition coefficient (Wildman–Crippen LogP) is 4.42. The van der Waals surface area contributed by atoms with Gasteiger partial charge in [0.25, 0.3) is 5.69 Å². The fourth-order valence-corrected chi connectivity index (χ4v) is 2.05. The van der Waals surface area contributed by atoms with Crippen molar-refractivity contribution >= 4 is 17.5 Å². The molecule has 2 aromatic carbocycles. The van der Waals surface area contributed by atoms with Crippen LogP contribution in [0.2, 0.25) is 0 Å². The summed E-state index contributed by atoms with van der Waals surface area (Å²) in [7, 11) is 0. The average Bonchev–Trinajstić information content (AvgIpc) is 2.53. The van der Waals surface area contributed by atoms with Crippen molar-refractivity contribution in [3.05, 3.63) is 75.6 Å². The predicted molar refractivity (Wildman–Crippen MR) is 88.6 cm³/mol. The first-order chi connectivity index (χ1) is 11.4. The third-order valence-electron chi connectivity index (χ3n) is 3.12. The Morgan fingerprint density at radius 1 is 1.25 bits per heavy atom. The summed E-state index contributed by atoms with van der Waals surface area (Å²) in [6, 6.07) is 9.96. The molecule has 0 saturated carbocycles. The molecule has 0 saturated heterocycles. The van der Waals surface area contributed by atoms with Crippen molar-refractivity contribution in [2.45, 2.75) is 20.0 Å². The highest BCUT2D eigenvalue weighted by molar-refractivity contribution is 6.07. The van der Waals surface area contributed by atoms with Crippen molar-refractivity contribution < 1.29 is 18.8 Å². The zero-order chi connectivity index (χ0) is 17.7. The third-order valence-corrected chi connectivity index (χ3v) is 3.12. The zero-order valence-corrected chi connectivity index (χ0v) is 13.2. The third kappa shape index (κ3) is 4.25. The number of nitro benzene ring substituents is 1. The number of non-ortho nitro benzene ring substituents is 1. The van der Waals surface area contributed by atoms with Crippen molar-refractivity contribution in [2.24, 2.45) is 0 Å². The molecular weight excluding hydrogens is 313 g/mol. The molecule has 0 aliphatic rings. The second kappa shape index (κ2) is 7.50. The molecule has 0 bridgehead atoms. The summed E-state index contributed by atoms with van der Waals surface area (Å²) in [5.41, 5.74) is -0.0233. The van der Waals surface area contributed by atoms with Gasteiger partial charge >= 0.3 is 0 Å². The lowest BCUT2D eigenvalue weighted by Crippen LogP contribution is -2.06. The standard InChI is InChI=1S/C18H16FNO4/c1-12(2)24-18-6-4-3-5-13(18)7-10-17(21)15-11-14(20(22)23)8-9-16(15)19/h3-12H,1-2H3/b10-7+. The summed E-state index contributed by atoms with van der Waals surface area (Å²) in [4.78, 5) is 22.2. The van der Waals surface area contributed by atoms with E-state index in [4.69, 9.17) is 4.74 Å². The van der Waals surface area contributed by atoms with Crippen molar-refractivity contribution in [3.63, 3.8) is 0 Å². The topological polar surface area (TPSA) is 69.4 Å². The number of para-hydroxylation sites is 1. The van der Waals surface area contributed by atoms with Crippen molar-refractivity contribution in [1.82, 2.24) is 0 Å². The van der Waals surface area contributed by atoms with Crippen LogP contribution in [0.4, 0.5) is 10.1 Å². The van der Waals surface area contributed by atoms with Crippen LogP contribution in [0.15, 0.2) is 48.5 Å². The highest BCUT2D eigenvalue weighted by Crippen LogP contribution is 2.22. The summed E-state index contributed by atoms with van der Waals surface area (Å²) in [6.45, 7) is 3.76. The number of ketones is 1. The number of allylic oxidation sites excluding steroid dienone is 1. The van der Waals surface area contributed by atoms with Gasteiger partial charge in [-0.2, -0.15) is 0 Å². The second-order valence-electron chi connectivity index (χ2n) is 5.32. The van der Waals surface area contributed by atoms with E-state index >= 15 is 0 Å². The lowest BCUT2D eigenvalue weighted by Gasteiger charge is -2.11. The van der Waals surface area contributed by atoms with E-state index in [9.17, 15) is 19.3 Å². The molecule has 0 aromatic heterocycles. The van der Waals surface area contributed by atoms with Crippen molar-refractivity contribution in [2.75, 3.05) is 0 Å². The van der Waals surface area contributed by atoms with Gasteiger partial charge in [0.1, 0.15) is 11.6 Å². The molecule has 2 aromatic rings. The minimum atomic E-state index is -0.804. The number of carbonyl (C=O) groups excluding carboxylic acids is 1. The summed E-state index contributed by atoms with van der Waals surface area (Å²) < 4.78 is 19.4. The summed E-state index contributed by atoms with van der Waals surface area (Å²) >= 11 is 0. The first-order valence-corrected chi connectivity index (χ1v) is 7.30. The molecule has 0 unspecified atom stereocenters. The number of hydrogen-bond acceptors (Lipinski definition) is 4. The fourth-order valence-electron chi connectivity index (χ4n) is 2.05. The molecule has 0 fully saturated rings. The molecule has 124 valence electrons. The van der Waals surface area contributed by atoms with Gasteiger partial charge in [-0.05, 0) is 38.1 Å². The molecule has 0 atom stereocenters. The van der Waals surface area contributed by atoms with Crippen molar-refractivity contribution in [3.8, 4) is 5.75 Å². The van der Waals surface area contributed by atoms with E-state index in [2.05, 4.69) is 0 Å². The Labute approximate surface area is 138 Å². The number of benzene rings is 2. The highest BCUT2D eigenvalue weighted by Gasteiger charge is 2.15. The molecule has 0 aliphatic carbocycles. The maximum atomic E-state index is 13.8. The lowest BCUT2D eigenvalue weighted by atomic mass is 10.1. The van der Waals surface area contributed by atoms with Crippen LogP contribution in [0.25, 0.3) is 6.08 Å². The van der Waals surface area contributed by atoms with Crippen LogP contribution in [0.5, 0.6) is 5.75 Å². The molecule has 0 amide bonds. The van der Waals surface area contributed by atoms with E-state index in [1.165, 1.54) is 12.2 Å². The molecule has 0 aliphatic heterocycles. The van der Waals surface area contributed by atoms with E-state index in [0.717, 1.165) is 18.2 Å². The summed E-state index contributed by atoms with van der Waals surface area (Å²) in [5.74, 6) is -0.867. The Kier molecular flexibility index (Phi) is 5.42. The molecule has 24 heavy (non-hydrogen) atoms. The monoisotopic (exact) mass is 329 g/mol. The number of carbonyl (C=O) groups is 1. The Hall–Kier alpha value is -3.02. The van der Waals surface area contributed by atoms with Gasteiger partial charge in [-0.15, -0.1) is 0 Å². The molecule has 0 N–H and O–H groups in total. The molecule has 5 nitrogen and oxygen atoms in total. The minimum absolute atomic E-state index is 0.0375. The highest BCUT2D eigenvalue weighted by atomic mass is 19.1. The summed E-state index contributed by atoms with van der Waals surface area (Å²) in [5, 5.41) is 10.8. The smallest absolute Gasteiger partial charge is 0.270 e. The number of nitro groups is 1. The van der Waals surface area contributed by atoms with Gasteiger partial charge in [-0.1, -0.05) is 18.2 Å². The minimum Gasteiger partial charge on any atom is -0.490 e. The van der Waals surface area contributed by atoms with E-state index in [1.807, 2.05) is 13.8 Å². The normalized spacial score (nSPS) is 11.0. The van der Waals surface area contributed by atoms with Gasteiger partial charge in [0.2, 0.25) is 0 Å². The van der Waals surface area contributed by atoms with Crippen LogP contribution >= 0.6 is 0 Å². The molecule has 0 heterocycles. The van der Waals surface area contributed by atoms with Gasteiger partial charge in [-0.25, -0.2) is 4.39 Å². The fraction of sp³-hybridized carbons (Fsp3) is 0.167. The number of ether oxygens (including phenoxy) is 1. The van der Waals surface area contributed by atoms with Gasteiger partial charge in [-0.3, -0.25) is 14.9 Å². The van der Waals surface area contributed by atoms with Crippen molar-refractivity contribution in [1.29, 1.82) is 0 Å². The van der Waals surface area contributed by atoms with Crippen LogP contribution in [0, 0.1) is 15.9 Å². The molecule has 2 rings (SSSR count). The van der Waals surface area contributed by atoms with Crippen LogP contribution in [0.1, 0.15) is 29.8 Å². The van der Waals surface area contributed by atoms with Crippen LogP contribution in [-0.2, 0) is 0 Å². The molecular formula is C18H16FNO4. The Morgan fingerprint density at radius 3 is 2.62 bits per heavy atom. The van der Waals surface area contributed by atoms with E-state index in [-0.39, 0.29) is 17.4 Å². The van der Waals surface area contributed by atoms with Gasteiger partial charge in [0.05, 0.1) is 16.6 Å². The quantitative estimate of drug-likeness (QED) is 0.340. The van der Waals surface area contributed by atoms with Crippen LogP contribution in [-0.4, -0.2) is 16.8 Å². The van der Waals surface area contributed by atoms with E-state index in [0.29, 0.717) is 11.3 Å². The zero-order valence-electron chi connectivity index (χ0n) is 13.2. The largest absolute Gasteiger partial charge is 0.490 e. The van der Waals surface area contributed by atoms with Gasteiger partial charge in [0, 0.05) is 17.7 Å². The Bertz CT molecular complexity index is 799. The maximum Gasteiger partial charge on any atom is 0.270 e.